The van der Waals surface area contributed by atoms with Crippen LogP contribution in [0.25, 0.3) is 0 Å². The van der Waals surface area contributed by atoms with Crippen molar-refractivity contribution < 1.29 is 23.8 Å². The highest BCUT2D eigenvalue weighted by atomic mass is 16.5. The summed E-state index contributed by atoms with van der Waals surface area (Å²) in [5.74, 6) is 1.66. The first-order chi connectivity index (χ1) is 13.3. The average molecular weight is 386 g/mol. The fourth-order valence-corrected chi connectivity index (χ4v) is 6.34. The zero-order chi connectivity index (χ0) is 20.1. The van der Waals surface area contributed by atoms with Gasteiger partial charge in [-0.15, -0.1) is 0 Å². The Balaban J connectivity index is 1.65. The van der Waals surface area contributed by atoms with E-state index in [1.54, 1.807) is 7.11 Å². The van der Waals surface area contributed by atoms with Gasteiger partial charge in [-0.25, -0.2) is 0 Å². The first-order valence-electron chi connectivity index (χ1n) is 10.4. The Labute approximate surface area is 166 Å². The molecule has 3 aliphatic rings. The van der Waals surface area contributed by atoms with Crippen molar-refractivity contribution in [2.45, 2.75) is 71.0 Å². The third-order valence-electron chi connectivity index (χ3n) is 7.50. The quantitative estimate of drug-likeness (QED) is 0.564. The molecule has 0 heterocycles. The number of rotatable bonds is 3. The monoisotopic (exact) mass is 386 g/mol. The molecule has 5 heteroatoms. The lowest BCUT2D eigenvalue weighted by Gasteiger charge is -2.51. The van der Waals surface area contributed by atoms with Gasteiger partial charge in [0.15, 0.2) is 0 Å². The number of esters is 2. The van der Waals surface area contributed by atoms with Crippen LogP contribution in [-0.4, -0.2) is 25.2 Å². The maximum Gasteiger partial charge on any atom is 0.308 e. The number of methoxy groups -OCH3 is 1. The summed E-state index contributed by atoms with van der Waals surface area (Å²) in [6.07, 6.45) is 5.22. The van der Waals surface area contributed by atoms with Crippen molar-refractivity contribution >= 4 is 11.9 Å². The van der Waals surface area contributed by atoms with Crippen LogP contribution < -0.4 is 4.74 Å². The van der Waals surface area contributed by atoms with Gasteiger partial charge in [-0.05, 0) is 73.1 Å². The second-order valence-electron chi connectivity index (χ2n) is 8.94. The Kier molecular flexibility index (Phi) is 4.98. The SMILES string of the molecule is COC1C[C@@H]2[C@H](CC[C@]3(C)[C@@H](OC(C)=O)CC[C@@H]23)c2ccc(OC(C)=O)cc21. The van der Waals surface area contributed by atoms with Crippen molar-refractivity contribution in [2.75, 3.05) is 7.11 Å². The van der Waals surface area contributed by atoms with Crippen molar-refractivity contribution in [3.05, 3.63) is 29.3 Å². The van der Waals surface area contributed by atoms with Crippen LogP contribution in [0.1, 0.15) is 76.0 Å². The van der Waals surface area contributed by atoms with Crippen molar-refractivity contribution in [3.8, 4) is 5.75 Å². The summed E-state index contributed by atoms with van der Waals surface area (Å²) in [5.41, 5.74) is 2.54. The summed E-state index contributed by atoms with van der Waals surface area (Å²) in [4.78, 5) is 22.9. The minimum atomic E-state index is -0.307. The highest BCUT2D eigenvalue weighted by molar-refractivity contribution is 5.69. The van der Waals surface area contributed by atoms with Gasteiger partial charge in [-0.3, -0.25) is 9.59 Å². The van der Waals surface area contributed by atoms with Gasteiger partial charge in [0.25, 0.3) is 0 Å². The number of carbonyl (C=O) groups is 2. The van der Waals surface area contributed by atoms with E-state index < -0.39 is 0 Å². The standard InChI is InChI=1S/C23H30O5/c1-13(24)27-15-5-6-16-17-9-10-23(3)20(7-8-22(23)28-14(2)25)18(17)12-21(26-4)19(16)11-15/h5-6,11,17-18,20-22H,7-10,12H2,1-4H3/t17-,18-,20+,21?,22+,23+/m1/s1. The maximum atomic E-state index is 11.6. The predicted octanol–water partition coefficient (Wildman–Crippen LogP) is 4.54. The maximum absolute atomic E-state index is 11.6. The Hall–Kier alpha value is -1.88. The van der Waals surface area contributed by atoms with E-state index in [9.17, 15) is 9.59 Å². The Morgan fingerprint density at radius 2 is 1.86 bits per heavy atom. The minimum Gasteiger partial charge on any atom is -0.462 e. The van der Waals surface area contributed by atoms with Gasteiger partial charge in [0, 0.05) is 26.4 Å². The van der Waals surface area contributed by atoms with E-state index in [1.807, 2.05) is 12.1 Å². The van der Waals surface area contributed by atoms with Crippen LogP contribution >= 0.6 is 0 Å². The Bertz CT molecular complexity index is 787. The second kappa shape index (κ2) is 7.18. The molecule has 28 heavy (non-hydrogen) atoms. The molecule has 4 rings (SSSR count). The van der Waals surface area contributed by atoms with E-state index in [4.69, 9.17) is 14.2 Å². The number of hydrogen-bond donors (Lipinski definition) is 0. The van der Waals surface area contributed by atoms with E-state index in [2.05, 4.69) is 13.0 Å². The topological polar surface area (TPSA) is 61.8 Å². The third-order valence-corrected chi connectivity index (χ3v) is 7.50. The highest BCUT2D eigenvalue weighted by Crippen LogP contribution is 2.63. The first-order valence-corrected chi connectivity index (χ1v) is 10.4. The van der Waals surface area contributed by atoms with Gasteiger partial charge in [-0.1, -0.05) is 13.0 Å². The molecule has 1 aromatic rings. The van der Waals surface area contributed by atoms with E-state index in [0.717, 1.165) is 37.7 Å². The third kappa shape index (κ3) is 3.14. The summed E-state index contributed by atoms with van der Waals surface area (Å²) in [6.45, 7) is 5.25. The normalized spacial score (nSPS) is 36.1. The van der Waals surface area contributed by atoms with E-state index in [1.165, 1.54) is 19.4 Å². The Morgan fingerprint density at radius 3 is 2.54 bits per heavy atom. The molecule has 0 radical (unpaired) electrons. The number of benzene rings is 1. The van der Waals surface area contributed by atoms with Crippen LogP contribution in [0.15, 0.2) is 18.2 Å². The van der Waals surface area contributed by atoms with Gasteiger partial charge in [0.05, 0.1) is 6.10 Å². The smallest absolute Gasteiger partial charge is 0.308 e. The molecular weight excluding hydrogens is 356 g/mol. The average Bonchev–Trinajstić information content (AvgIpc) is 2.96. The van der Waals surface area contributed by atoms with Crippen molar-refractivity contribution in [2.24, 2.45) is 17.3 Å². The summed E-state index contributed by atoms with van der Waals surface area (Å²) in [6, 6.07) is 6.00. The summed E-state index contributed by atoms with van der Waals surface area (Å²) >= 11 is 0. The summed E-state index contributed by atoms with van der Waals surface area (Å²) in [5, 5.41) is 0. The zero-order valence-electron chi connectivity index (χ0n) is 17.2. The van der Waals surface area contributed by atoms with Crippen molar-refractivity contribution in [1.82, 2.24) is 0 Å². The number of ether oxygens (including phenoxy) is 3. The molecular formula is C23H30O5. The molecule has 1 unspecified atom stereocenters. The van der Waals surface area contributed by atoms with E-state index >= 15 is 0 Å². The molecule has 0 aliphatic heterocycles. The molecule has 152 valence electrons. The van der Waals surface area contributed by atoms with Gasteiger partial charge in [0.1, 0.15) is 11.9 Å². The molecule has 0 spiro atoms. The first kappa shape index (κ1) is 19.4. The molecule has 2 saturated carbocycles. The van der Waals surface area contributed by atoms with Crippen LogP contribution in [0.3, 0.4) is 0 Å². The van der Waals surface area contributed by atoms with Crippen molar-refractivity contribution in [1.29, 1.82) is 0 Å². The molecule has 0 aromatic heterocycles. The van der Waals surface area contributed by atoms with E-state index in [-0.39, 0.29) is 29.6 Å². The minimum absolute atomic E-state index is 0.00174. The largest absolute Gasteiger partial charge is 0.462 e. The summed E-state index contributed by atoms with van der Waals surface area (Å²) < 4.78 is 16.9. The zero-order valence-corrected chi connectivity index (χ0v) is 17.2. The van der Waals surface area contributed by atoms with Gasteiger partial charge < -0.3 is 14.2 Å². The van der Waals surface area contributed by atoms with Gasteiger partial charge in [-0.2, -0.15) is 0 Å². The number of carbonyl (C=O) groups excluding carboxylic acids is 2. The molecule has 6 atom stereocenters. The predicted molar refractivity (Wildman–Crippen MR) is 104 cm³/mol. The molecule has 0 bridgehead atoms. The lowest BCUT2D eigenvalue weighted by atomic mass is 9.55. The fraction of sp³-hybridized carbons (Fsp3) is 0.652. The lowest BCUT2D eigenvalue weighted by Crippen LogP contribution is -2.45. The Morgan fingerprint density at radius 1 is 1.07 bits per heavy atom. The number of fused-ring (bicyclic) bond motifs is 5. The van der Waals surface area contributed by atoms with Crippen LogP contribution in [0, 0.1) is 17.3 Å². The highest BCUT2D eigenvalue weighted by Gasteiger charge is 2.57. The van der Waals surface area contributed by atoms with Crippen LogP contribution in [0.4, 0.5) is 0 Å². The van der Waals surface area contributed by atoms with Crippen molar-refractivity contribution in [3.63, 3.8) is 0 Å². The lowest BCUT2D eigenvalue weighted by molar-refractivity contribution is -0.155. The molecule has 0 saturated heterocycles. The van der Waals surface area contributed by atoms with Gasteiger partial charge in [0.2, 0.25) is 0 Å². The fourth-order valence-electron chi connectivity index (χ4n) is 6.34. The second-order valence-corrected chi connectivity index (χ2v) is 8.94. The van der Waals surface area contributed by atoms with E-state index in [0.29, 0.717) is 23.5 Å². The molecule has 3 aliphatic carbocycles. The summed E-state index contributed by atoms with van der Waals surface area (Å²) in [7, 11) is 1.76. The van der Waals surface area contributed by atoms with Gasteiger partial charge >= 0.3 is 11.9 Å². The molecule has 1 aromatic carbocycles. The van der Waals surface area contributed by atoms with Crippen LogP contribution in [-0.2, 0) is 19.1 Å². The molecule has 0 amide bonds. The number of hydrogen-bond acceptors (Lipinski definition) is 5. The molecule has 0 N–H and O–H groups in total. The molecule has 2 fully saturated rings. The van der Waals surface area contributed by atoms with Crippen LogP contribution in [0.5, 0.6) is 5.75 Å². The van der Waals surface area contributed by atoms with Crippen LogP contribution in [0.2, 0.25) is 0 Å². The molecule has 5 nitrogen and oxygen atoms in total.